The molecule has 0 radical (unpaired) electrons. The van der Waals surface area contributed by atoms with E-state index in [1.807, 2.05) is 0 Å². The topological polar surface area (TPSA) is 115 Å². The molecule has 8 heteroatoms. The summed E-state index contributed by atoms with van der Waals surface area (Å²) in [7, 11) is -3.03. The van der Waals surface area contributed by atoms with E-state index in [0.29, 0.717) is 23.1 Å². The van der Waals surface area contributed by atoms with Gasteiger partial charge in [-0.05, 0) is 18.6 Å². The highest BCUT2D eigenvalue weighted by Crippen LogP contribution is 2.33. The van der Waals surface area contributed by atoms with Gasteiger partial charge in [0.25, 0.3) is 0 Å². The molecule has 21 heavy (non-hydrogen) atoms. The van der Waals surface area contributed by atoms with Crippen molar-refractivity contribution in [3.8, 4) is 5.75 Å². The fraction of sp³-hybridized carbons (Fsp3) is 0.308. The molecule has 2 rings (SSSR count). The molecule has 114 valence electrons. The molecule has 0 amide bonds. The van der Waals surface area contributed by atoms with E-state index in [2.05, 4.69) is 5.16 Å². The second-order valence-corrected chi connectivity index (χ2v) is 6.83. The molecule has 0 atom stereocenters. The number of para-hydroxylation sites is 1. The van der Waals surface area contributed by atoms with E-state index in [4.69, 9.17) is 20.1 Å². The minimum absolute atomic E-state index is 0.0295. The zero-order chi connectivity index (χ0) is 15.5. The van der Waals surface area contributed by atoms with E-state index in [0.717, 1.165) is 0 Å². The number of amidine groups is 1. The Morgan fingerprint density at radius 3 is 2.81 bits per heavy atom. The van der Waals surface area contributed by atoms with Crippen LogP contribution in [0.15, 0.2) is 33.8 Å². The summed E-state index contributed by atoms with van der Waals surface area (Å²) < 4.78 is 33.2. The van der Waals surface area contributed by atoms with Crippen LogP contribution in [-0.2, 0) is 9.84 Å². The molecule has 0 unspecified atom stereocenters. The second kappa shape index (κ2) is 6.04. The van der Waals surface area contributed by atoms with Crippen LogP contribution in [0.4, 0.5) is 0 Å². The first-order chi connectivity index (χ1) is 9.92. The van der Waals surface area contributed by atoms with Crippen molar-refractivity contribution in [2.45, 2.75) is 6.42 Å². The summed E-state index contributed by atoms with van der Waals surface area (Å²) in [6, 6.07) is 7.10. The normalized spacial score (nSPS) is 12.7. The van der Waals surface area contributed by atoms with E-state index in [1.165, 1.54) is 6.26 Å². The van der Waals surface area contributed by atoms with Crippen LogP contribution in [0.25, 0.3) is 11.0 Å². The summed E-state index contributed by atoms with van der Waals surface area (Å²) in [5.41, 5.74) is 6.10. The lowest BCUT2D eigenvalue weighted by molar-refractivity contribution is 0.308. The third-order valence-corrected chi connectivity index (χ3v) is 3.83. The fourth-order valence-electron chi connectivity index (χ4n) is 1.87. The molecule has 0 aliphatic carbocycles. The van der Waals surface area contributed by atoms with Gasteiger partial charge in [0.05, 0.1) is 17.7 Å². The van der Waals surface area contributed by atoms with Crippen molar-refractivity contribution in [3.63, 3.8) is 0 Å². The molecule has 0 saturated heterocycles. The van der Waals surface area contributed by atoms with Crippen molar-refractivity contribution in [3.05, 3.63) is 30.0 Å². The van der Waals surface area contributed by atoms with Crippen molar-refractivity contribution < 1.29 is 22.8 Å². The van der Waals surface area contributed by atoms with Crippen molar-refractivity contribution in [1.29, 1.82) is 0 Å². The number of hydrogen-bond donors (Lipinski definition) is 2. The number of rotatable bonds is 6. The van der Waals surface area contributed by atoms with Crippen molar-refractivity contribution in [2.75, 3.05) is 18.6 Å². The van der Waals surface area contributed by atoms with Crippen LogP contribution in [0.5, 0.6) is 5.75 Å². The predicted molar refractivity (Wildman–Crippen MR) is 78.5 cm³/mol. The molecule has 3 N–H and O–H groups in total. The molecule has 0 bridgehead atoms. The second-order valence-electron chi connectivity index (χ2n) is 4.57. The van der Waals surface area contributed by atoms with Gasteiger partial charge in [0.1, 0.15) is 15.4 Å². The molecule has 2 aromatic rings. The van der Waals surface area contributed by atoms with Gasteiger partial charge >= 0.3 is 0 Å². The predicted octanol–water partition coefficient (Wildman–Crippen LogP) is 1.34. The Balaban J connectivity index is 2.24. The first kappa shape index (κ1) is 15.2. The highest BCUT2D eigenvalue weighted by molar-refractivity contribution is 7.90. The maximum absolute atomic E-state index is 11.1. The van der Waals surface area contributed by atoms with Crippen LogP contribution in [0.1, 0.15) is 12.2 Å². The SMILES string of the molecule is CS(=O)(=O)CCCOc1c(/C(N)=N/O)oc2ccccc12. The van der Waals surface area contributed by atoms with Crippen molar-refractivity contribution in [2.24, 2.45) is 10.9 Å². The summed E-state index contributed by atoms with van der Waals surface area (Å²) in [6.07, 6.45) is 1.51. The van der Waals surface area contributed by atoms with Gasteiger partial charge in [0.2, 0.25) is 11.6 Å². The molecule has 0 spiro atoms. The van der Waals surface area contributed by atoms with Gasteiger partial charge in [-0.3, -0.25) is 0 Å². The van der Waals surface area contributed by atoms with Crippen molar-refractivity contribution in [1.82, 2.24) is 0 Å². The fourth-order valence-corrected chi connectivity index (χ4v) is 2.52. The number of ether oxygens (including phenoxy) is 1. The van der Waals surface area contributed by atoms with Crippen LogP contribution in [0, 0.1) is 0 Å². The van der Waals surface area contributed by atoms with E-state index in [9.17, 15) is 8.42 Å². The number of nitrogens with zero attached hydrogens (tertiary/aromatic N) is 1. The van der Waals surface area contributed by atoms with E-state index in [1.54, 1.807) is 24.3 Å². The summed E-state index contributed by atoms with van der Waals surface area (Å²) >= 11 is 0. The Kier molecular flexibility index (Phi) is 4.37. The lowest BCUT2D eigenvalue weighted by Gasteiger charge is -2.05. The number of nitrogens with two attached hydrogens (primary N) is 1. The summed E-state index contributed by atoms with van der Waals surface area (Å²) in [5.74, 6) is 0.290. The number of hydrogen-bond acceptors (Lipinski definition) is 6. The van der Waals surface area contributed by atoms with E-state index < -0.39 is 9.84 Å². The first-order valence-electron chi connectivity index (χ1n) is 6.22. The molecule has 0 aliphatic heterocycles. The van der Waals surface area contributed by atoms with Gasteiger partial charge in [-0.2, -0.15) is 0 Å². The smallest absolute Gasteiger partial charge is 0.215 e. The lowest BCUT2D eigenvalue weighted by atomic mass is 10.2. The monoisotopic (exact) mass is 312 g/mol. The molecule has 1 aromatic heterocycles. The molecular formula is C13H16N2O5S. The first-order valence-corrected chi connectivity index (χ1v) is 8.28. The van der Waals surface area contributed by atoms with Crippen LogP contribution in [0.3, 0.4) is 0 Å². The largest absolute Gasteiger partial charge is 0.489 e. The minimum atomic E-state index is -3.03. The Hall–Kier alpha value is -2.22. The van der Waals surface area contributed by atoms with Crippen LogP contribution in [-0.4, -0.2) is 38.1 Å². The highest BCUT2D eigenvalue weighted by Gasteiger charge is 2.19. The summed E-state index contributed by atoms with van der Waals surface area (Å²) in [6.45, 7) is 0.183. The third-order valence-electron chi connectivity index (χ3n) is 2.80. The Morgan fingerprint density at radius 2 is 2.14 bits per heavy atom. The molecule has 0 aliphatic rings. The number of fused-ring (bicyclic) bond motifs is 1. The number of furan rings is 1. The van der Waals surface area contributed by atoms with Crippen molar-refractivity contribution >= 4 is 26.6 Å². The zero-order valence-corrected chi connectivity index (χ0v) is 12.3. The average molecular weight is 312 g/mol. The summed E-state index contributed by atoms with van der Waals surface area (Å²) in [5, 5.41) is 12.4. The molecule has 7 nitrogen and oxygen atoms in total. The quantitative estimate of drug-likeness (QED) is 0.273. The van der Waals surface area contributed by atoms with Gasteiger partial charge < -0.3 is 20.1 Å². The lowest BCUT2D eigenvalue weighted by Crippen LogP contribution is -2.14. The molecule has 0 fully saturated rings. The molecule has 1 aromatic carbocycles. The van der Waals surface area contributed by atoms with Gasteiger partial charge in [0, 0.05) is 6.26 Å². The number of sulfone groups is 1. The minimum Gasteiger partial charge on any atom is -0.489 e. The average Bonchev–Trinajstić information content (AvgIpc) is 2.80. The maximum Gasteiger partial charge on any atom is 0.215 e. The van der Waals surface area contributed by atoms with Crippen LogP contribution >= 0.6 is 0 Å². The third kappa shape index (κ3) is 3.66. The van der Waals surface area contributed by atoms with E-state index >= 15 is 0 Å². The van der Waals surface area contributed by atoms with Crippen LogP contribution < -0.4 is 10.5 Å². The molecular weight excluding hydrogens is 296 g/mol. The zero-order valence-electron chi connectivity index (χ0n) is 11.4. The number of benzene rings is 1. The molecule has 0 saturated carbocycles. The Bertz CT molecular complexity index is 764. The van der Waals surface area contributed by atoms with Gasteiger partial charge in [-0.1, -0.05) is 17.3 Å². The van der Waals surface area contributed by atoms with E-state index in [-0.39, 0.29) is 24.0 Å². The van der Waals surface area contributed by atoms with Gasteiger partial charge in [-0.25, -0.2) is 8.42 Å². The summed E-state index contributed by atoms with van der Waals surface area (Å²) in [4.78, 5) is 0. The van der Waals surface area contributed by atoms with Gasteiger partial charge in [0.15, 0.2) is 5.75 Å². The number of oxime groups is 1. The Labute approximate surface area is 121 Å². The standard InChI is InChI=1S/C13H16N2O5S/c1-21(17,18)8-4-7-19-11-9-5-2-3-6-10(9)20-12(11)13(14)15-16/h2-3,5-6,16H,4,7-8H2,1H3,(H2,14,15). The molecule has 1 heterocycles. The Morgan fingerprint density at radius 1 is 1.43 bits per heavy atom. The highest BCUT2D eigenvalue weighted by atomic mass is 32.2. The maximum atomic E-state index is 11.1. The van der Waals surface area contributed by atoms with Gasteiger partial charge in [-0.15, -0.1) is 0 Å². The van der Waals surface area contributed by atoms with Crippen LogP contribution in [0.2, 0.25) is 0 Å².